The number of rotatable bonds is 3. The molecule has 21 heavy (non-hydrogen) atoms. The second-order valence-corrected chi connectivity index (χ2v) is 6.78. The molecule has 1 N–H and O–H groups in total. The van der Waals surface area contributed by atoms with Crippen LogP contribution in [0.25, 0.3) is 10.6 Å². The van der Waals surface area contributed by atoms with E-state index < -0.39 is 0 Å². The molecule has 1 heterocycles. The van der Waals surface area contributed by atoms with E-state index in [0.29, 0.717) is 5.92 Å². The van der Waals surface area contributed by atoms with Crippen LogP contribution in [0.5, 0.6) is 0 Å². The van der Waals surface area contributed by atoms with Gasteiger partial charge in [-0.1, -0.05) is 41.5 Å². The summed E-state index contributed by atoms with van der Waals surface area (Å²) >= 11 is 7.49. The molecule has 1 aliphatic rings. The summed E-state index contributed by atoms with van der Waals surface area (Å²) in [6.45, 7) is 0.223. The number of hydrogen-bond acceptors (Lipinski definition) is 4. The average molecular weight is 324 g/mol. The number of halogens is 1. The summed E-state index contributed by atoms with van der Waals surface area (Å²) in [4.78, 5) is 5.71. The minimum absolute atomic E-state index is 0.222. The lowest BCUT2D eigenvalue weighted by Crippen LogP contribution is -2.21. The highest BCUT2D eigenvalue weighted by Crippen LogP contribution is 2.28. The highest BCUT2D eigenvalue weighted by atomic mass is 35.5. The van der Waals surface area contributed by atoms with E-state index in [1.807, 2.05) is 36.0 Å². The summed E-state index contributed by atoms with van der Waals surface area (Å²) in [5.41, 5.74) is 1.05. The van der Waals surface area contributed by atoms with Gasteiger partial charge in [-0.2, -0.15) is 5.10 Å². The molecular weight excluding hydrogens is 306 g/mol. The maximum atomic E-state index is 9.40. The molecule has 2 aromatic rings. The lowest BCUT2D eigenvalue weighted by Gasteiger charge is -2.11. The molecule has 2 atom stereocenters. The standard InChI is InChI=1S/C15H18ClN3OS/c1-19-15(17-13-4-2-3-11(13)9-20)21-14(18-19)10-5-7-12(16)8-6-10/h5-8,11,13,20H,2-4,9H2,1H3. The first kappa shape index (κ1) is 14.8. The third kappa shape index (κ3) is 3.20. The molecule has 2 unspecified atom stereocenters. The Hall–Kier alpha value is -1.17. The van der Waals surface area contributed by atoms with Crippen LogP contribution in [0.1, 0.15) is 19.3 Å². The van der Waals surface area contributed by atoms with E-state index in [2.05, 4.69) is 5.10 Å². The molecular formula is C15H18ClN3OS. The lowest BCUT2D eigenvalue weighted by atomic mass is 10.1. The Kier molecular flexibility index (Phi) is 4.42. The Morgan fingerprint density at radius 3 is 2.86 bits per heavy atom. The van der Waals surface area contributed by atoms with E-state index in [-0.39, 0.29) is 12.6 Å². The molecule has 1 aromatic heterocycles. The number of benzene rings is 1. The molecule has 1 aliphatic carbocycles. The maximum absolute atomic E-state index is 9.40. The molecule has 0 spiro atoms. The van der Waals surface area contributed by atoms with Crippen LogP contribution in [0, 0.1) is 5.92 Å². The predicted octanol–water partition coefficient (Wildman–Crippen LogP) is 2.86. The quantitative estimate of drug-likeness (QED) is 0.944. The fourth-order valence-electron chi connectivity index (χ4n) is 2.71. The van der Waals surface area contributed by atoms with E-state index in [9.17, 15) is 5.11 Å². The van der Waals surface area contributed by atoms with Gasteiger partial charge in [0.05, 0.1) is 6.04 Å². The normalized spacial score (nSPS) is 22.9. The van der Waals surface area contributed by atoms with Crippen molar-refractivity contribution in [3.63, 3.8) is 0 Å². The Morgan fingerprint density at radius 1 is 1.38 bits per heavy atom. The van der Waals surface area contributed by atoms with Gasteiger partial charge in [0, 0.05) is 30.2 Å². The van der Waals surface area contributed by atoms with E-state index >= 15 is 0 Å². The van der Waals surface area contributed by atoms with E-state index in [0.717, 1.165) is 39.7 Å². The first-order valence-electron chi connectivity index (χ1n) is 7.12. The average Bonchev–Trinajstić information content (AvgIpc) is 3.07. The van der Waals surface area contributed by atoms with Gasteiger partial charge in [-0.15, -0.1) is 0 Å². The maximum Gasteiger partial charge on any atom is 0.203 e. The van der Waals surface area contributed by atoms with Crippen molar-refractivity contribution < 1.29 is 5.11 Å². The van der Waals surface area contributed by atoms with Crippen LogP contribution < -0.4 is 4.80 Å². The second kappa shape index (κ2) is 6.30. The lowest BCUT2D eigenvalue weighted by molar-refractivity contribution is 0.217. The smallest absolute Gasteiger partial charge is 0.203 e. The van der Waals surface area contributed by atoms with Gasteiger partial charge in [0.25, 0.3) is 0 Å². The summed E-state index contributed by atoms with van der Waals surface area (Å²) in [6.07, 6.45) is 3.27. The number of aromatic nitrogens is 2. The van der Waals surface area contributed by atoms with E-state index in [4.69, 9.17) is 16.6 Å². The van der Waals surface area contributed by atoms with Crippen LogP contribution >= 0.6 is 22.9 Å². The highest BCUT2D eigenvalue weighted by Gasteiger charge is 2.26. The van der Waals surface area contributed by atoms with Gasteiger partial charge in [0.1, 0.15) is 5.01 Å². The number of aryl methyl sites for hydroxylation is 1. The molecule has 0 radical (unpaired) electrons. The first-order valence-corrected chi connectivity index (χ1v) is 8.31. The number of aliphatic hydroxyl groups is 1. The summed E-state index contributed by atoms with van der Waals surface area (Å²) in [5.74, 6) is 0.297. The van der Waals surface area contributed by atoms with Crippen LogP contribution in [0.4, 0.5) is 0 Å². The SMILES string of the molecule is Cn1nc(-c2ccc(Cl)cc2)sc1=NC1CCCC1CO. The Bertz CT molecular complexity index is 677. The molecule has 0 aliphatic heterocycles. The zero-order chi connectivity index (χ0) is 14.8. The second-order valence-electron chi connectivity index (χ2n) is 5.39. The molecule has 0 amide bonds. The zero-order valence-corrected chi connectivity index (χ0v) is 13.4. The van der Waals surface area contributed by atoms with Crippen molar-refractivity contribution in [3.05, 3.63) is 34.1 Å². The van der Waals surface area contributed by atoms with Crippen LogP contribution in [0.2, 0.25) is 5.02 Å². The van der Waals surface area contributed by atoms with E-state index in [1.165, 1.54) is 0 Å². The Balaban J connectivity index is 1.92. The third-order valence-corrected chi connectivity index (χ3v) is 5.24. The molecule has 3 rings (SSSR count). The van der Waals surface area contributed by atoms with Crippen LogP contribution in [0.15, 0.2) is 29.3 Å². The number of aliphatic hydroxyl groups excluding tert-OH is 1. The fourth-order valence-corrected chi connectivity index (χ4v) is 3.79. The van der Waals surface area contributed by atoms with Gasteiger partial charge in [0.2, 0.25) is 4.80 Å². The summed E-state index contributed by atoms with van der Waals surface area (Å²) < 4.78 is 1.82. The zero-order valence-electron chi connectivity index (χ0n) is 11.9. The third-order valence-electron chi connectivity index (χ3n) is 3.93. The molecule has 0 bridgehead atoms. The minimum atomic E-state index is 0.222. The van der Waals surface area contributed by atoms with Gasteiger partial charge >= 0.3 is 0 Å². The molecule has 1 fully saturated rings. The van der Waals surface area contributed by atoms with Crippen molar-refractivity contribution in [2.75, 3.05) is 6.61 Å². The molecule has 112 valence electrons. The Morgan fingerprint density at radius 2 is 2.14 bits per heavy atom. The van der Waals surface area contributed by atoms with Crippen molar-refractivity contribution in [2.45, 2.75) is 25.3 Å². The molecule has 0 saturated heterocycles. The number of hydrogen-bond donors (Lipinski definition) is 1. The van der Waals surface area contributed by atoms with Crippen molar-refractivity contribution in [1.29, 1.82) is 0 Å². The van der Waals surface area contributed by atoms with Crippen LogP contribution in [-0.2, 0) is 7.05 Å². The van der Waals surface area contributed by atoms with Crippen molar-refractivity contribution in [1.82, 2.24) is 9.78 Å². The topological polar surface area (TPSA) is 50.4 Å². The highest BCUT2D eigenvalue weighted by molar-refractivity contribution is 7.12. The molecule has 1 aromatic carbocycles. The molecule has 4 nitrogen and oxygen atoms in total. The van der Waals surface area contributed by atoms with E-state index in [1.54, 1.807) is 11.3 Å². The van der Waals surface area contributed by atoms with Gasteiger partial charge in [-0.3, -0.25) is 4.99 Å². The predicted molar refractivity (Wildman–Crippen MR) is 85.3 cm³/mol. The first-order chi connectivity index (χ1) is 10.2. The van der Waals surface area contributed by atoms with Crippen molar-refractivity contribution in [3.8, 4) is 10.6 Å². The van der Waals surface area contributed by atoms with Crippen LogP contribution in [-0.4, -0.2) is 27.5 Å². The summed E-state index contributed by atoms with van der Waals surface area (Å²) in [7, 11) is 1.91. The van der Waals surface area contributed by atoms with Crippen molar-refractivity contribution >= 4 is 22.9 Å². The fraction of sp³-hybridized carbons (Fsp3) is 0.467. The molecule has 1 saturated carbocycles. The van der Waals surface area contributed by atoms with Gasteiger partial charge in [0.15, 0.2) is 0 Å². The Labute approximate surface area is 132 Å². The summed E-state index contributed by atoms with van der Waals surface area (Å²) in [5, 5.41) is 15.6. The van der Waals surface area contributed by atoms with Gasteiger partial charge in [-0.25, -0.2) is 4.68 Å². The van der Waals surface area contributed by atoms with Crippen molar-refractivity contribution in [2.24, 2.45) is 18.0 Å². The molecule has 6 heteroatoms. The van der Waals surface area contributed by atoms with Gasteiger partial charge < -0.3 is 5.11 Å². The monoisotopic (exact) mass is 323 g/mol. The number of nitrogens with zero attached hydrogens (tertiary/aromatic N) is 3. The largest absolute Gasteiger partial charge is 0.396 e. The van der Waals surface area contributed by atoms with Crippen LogP contribution in [0.3, 0.4) is 0 Å². The van der Waals surface area contributed by atoms with Gasteiger partial charge in [-0.05, 0) is 25.0 Å². The minimum Gasteiger partial charge on any atom is -0.396 e. The summed E-state index contributed by atoms with van der Waals surface area (Å²) in [6, 6.07) is 7.90.